The van der Waals surface area contributed by atoms with Gasteiger partial charge >= 0.3 is 5.97 Å². The standard InChI is InChI=1S/C10H14N2O4S/c1-3-6(8(13)10(15)16)11-9(14)7-4-5(2)17-12-7/h4,6,8,13H,3H2,1-2H3,(H,11,14)(H,15,16). The predicted octanol–water partition coefficient (Wildman–Crippen LogP) is 0.405. The molecule has 0 aliphatic heterocycles. The highest BCUT2D eigenvalue weighted by atomic mass is 32.1. The van der Waals surface area contributed by atoms with Crippen LogP contribution in [0.4, 0.5) is 0 Å². The largest absolute Gasteiger partial charge is 0.479 e. The van der Waals surface area contributed by atoms with Crippen LogP contribution in [0.5, 0.6) is 0 Å². The second kappa shape index (κ2) is 5.74. The molecule has 3 N–H and O–H groups in total. The number of aromatic nitrogens is 1. The average Bonchev–Trinajstić information content (AvgIpc) is 2.71. The fraction of sp³-hybridized carbons (Fsp3) is 0.500. The number of rotatable bonds is 5. The molecule has 0 bridgehead atoms. The highest BCUT2D eigenvalue weighted by molar-refractivity contribution is 7.05. The molecule has 1 aromatic rings. The number of hydrogen-bond donors (Lipinski definition) is 3. The number of amides is 1. The van der Waals surface area contributed by atoms with Crippen LogP contribution in [0.2, 0.25) is 0 Å². The Labute approximate surface area is 102 Å². The average molecular weight is 258 g/mol. The van der Waals surface area contributed by atoms with Crippen LogP contribution in [0.25, 0.3) is 0 Å². The molecule has 17 heavy (non-hydrogen) atoms. The Morgan fingerprint density at radius 3 is 2.65 bits per heavy atom. The third-order valence-electron chi connectivity index (χ3n) is 2.25. The van der Waals surface area contributed by atoms with Gasteiger partial charge in [-0.2, -0.15) is 4.37 Å². The van der Waals surface area contributed by atoms with E-state index in [1.165, 1.54) is 11.5 Å². The number of carboxylic acid groups (broad SMARTS) is 1. The summed E-state index contributed by atoms with van der Waals surface area (Å²) in [6.07, 6.45) is -1.29. The van der Waals surface area contributed by atoms with Crippen LogP contribution in [-0.2, 0) is 4.79 Å². The van der Waals surface area contributed by atoms with E-state index in [0.29, 0.717) is 6.42 Å². The highest BCUT2D eigenvalue weighted by Gasteiger charge is 2.26. The van der Waals surface area contributed by atoms with Gasteiger partial charge in [0.05, 0.1) is 6.04 Å². The molecule has 7 heteroatoms. The van der Waals surface area contributed by atoms with E-state index >= 15 is 0 Å². The van der Waals surface area contributed by atoms with Crippen LogP contribution in [0.1, 0.15) is 28.7 Å². The molecule has 1 heterocycles. The molecule has 94 valence electrons. The Morgan fingerprint density at radius 2 is 2.24 bits per heavy atom. The summed E-state index contributed by atoms with van der Waals surface area (Å²) in [7, 11) is 0. The summed E-state index contributed by atoms with van der Waals surface area (Å²) >= 11 is 1.19. The zero-order valence-corrected chi connectivity index (χ0v) is 10.3. The molecule has 0 aliphatic carbocycles. The predicted molar refractivity (Wildman–Crippen MR) is 62.0 cm³/mol. The van der Waals surface area contributed by atoms with Gasteiger partial charge in [0.25, 0.3) is 5.91 Å². The second-order valence-corrected chi connectivity index (χ2v) is 4.60. The number of carboxylic acids is 1. The van der Waals surface area contributed by atoms with Crippen LogP contribution in [-0.4, -0.2) is 38.6 Å². The fourth-order valence-corrected chi connectivity index (χ4v) is 1.83. The molecule has 0 saturated carbocycles. The summed E-state index contributed by atoms with van der Waals surface area (Å²) in [5.74, 6) is -1.83. The van der Waals surface area contributed by atoms with E-state index < -0.39 is 24.0 Å². The lowest BCUT2D eigenvalue weighted by Gasteiger charge is -2.19. The van der Waals surface area contributed by atoms with Gasteiger partial charge in [0.2, 0.25) is 0 Å². The number of nitrogens with zero attached hydrogens (tertiary/aromatic N) is 1. The van der Waals surface area contributed by atoms with E-state index in [0.717, 1.165) is 4.88 Å². The molecule has 2 unspecified atom stereocenters. The van der Waals surface area contributed by atoms with Crippen molar-refractivity contribution in [3.8, 4) is 0 Å². The molecule has 0 aromatic carbocycles. The van der Waals surface area contributed by atoms with Gasteiger partial charge in [0.15, 0.2) is 6.10 Å². The number of aliphatic hydroxyl groups excluding tert-OH is 1. The summed E-state index contributed by atoms with van der Waals surface area (Å²) in [5.41, 5.74) is 0.239. The monoisotopic (exact) mass is 258 g/mol. The molecule has 0 fully saturated rings. The first-order valence-electron chi connectivity index (χ1n) is 5.10. The Balaban J connectivity index is 2.69. The Kier molecular flexibility index (Phi) is 4.59. The Bertz CT molecular complexity index is 418. The smallest absolute Gasteiger partial charge is 0.334 e. The molecule has 0 aliphatic rings. The minimum atomic E-state index is -1.61. The normalized spacial score (nSPS) is 14.1. The minimum Gasteiger partial charge on any atom is -0.479 e. The molecule has 1 rings (SSSR count). The van der Waals surface area contributed by atoms with E-state index in [2.05, 4.69) is 9.69 Å². The maximum atomic E-state index is 11.7. The second-order valence-electron chi connectivity index (χ2n) is 3.59. The van der Waals surface area contributed by atoms with Gasteiger partial charge in [-0.25, -0.2) is 4.79 Å². The molecule has 1 aromatic heterocycles. The Hall–Kier alpha value is -1.47. The van der Waals surface area contributed by atoms with E-state index in [-0.39, 0.29) is 5.69 Å². The minimum absolute atomic E-state index is 0.239. The first-order chi connectivity index (χ1) is 7.95. The first kappa shape index (κ1) is 13.6. The van der Waals surface area contributed by atoms with Gasteiger partial charge in [0, 0.05) is 4.88 Å². The number of aliphatic hydroxyl groups is 1. The van der Waals surface area contributed by atoms with Crippen molar-refractivity contribution in [2.75, 3.05) is 0 Å². The van der Waals surface area contributed by atoms with Crippen LogP contribution in [0.3, 0.4) is 0 Å². The highest BCUT2D eigenvalue weighted by Crippen LogP contribution is 2.09. The summed E-state index contributed by atoms with van der Waals surface area (Å²) in [5, 5.41) is 20.5. The van der Waals surface area contributed by atoms with E-state index in [1.807, 2.05) is 6.92 Å². The lowest BCUT2D eigenvalue weighted by Crippen LogP contribution is -2.46. The van der Waals surface area contributed by atoms with Crippen molar-refractivity contribution in [3.05, 3.63) is 16.6 Å². The molecule has 0 spiro atoms. The third kappa shape index (κ3) is 3.50. The van der Waals surface area contributed by atoms with Crippen molar-refractivity contribution in [1.29, 1.82) is 0 Å². The first-order valence-corrected chi connectivity index (χ1v) is 5.88. The molecule has 0 saturated heterocycles. The van der Waals surface area contributed by atoms with Crippen molar-refractivity contribution >= 4 is 23.4 Å². The zero-order valence-electron chi connectivity index (χ0n) is 9.51. The maximum Gasteiger partial charge on any atom is 0.334 e. The van der Waals surface area contributed by atoms with Gasteiger partial charge in [-0.1, -0.05) is 6.92 Å². The van der Waals surface area contributed by atoms with Crippen LogP contribution in [0.15, 0.2) is 6.07 Å². The van der Waals surface area contributed by atoms with Crippen LogP contribution in [0, 0.1) is 6.92 Å². The van der Waals surface area contributed by atoms with E-state index in [4.69, 9.17) is 5.11 Å². The van der Waals surface area contributed by atoms with Crippen molar-refractivity contribution in [2.24, 2.45) is 0 Å². The fourth-order valence-electron chi connectivity index (χ4n) is 1.29. The van der Waals surface area contributed by atoms with Crippen molar-refractivity contribution in [2.45, 2.75) is 32.4 Å². The van der Waals surface area contributed by atoms with Gasteiger partial charge in [0.1, 0.15) is 5.69 Å². The Morgan fingerprint density at radius 1 is 1.59 bits per heavy atom. The molecule has 2 atom stereocenters. The number of nitrogens with one attached hydrogen (secondary N) is 1. The van der Waals surface area contributed by atoms with Crippen molar-refractivity contribution < 1.29 is 19.8 Å². The van der Waals surface area contributed by atoms with E-state index in [1.54, 1.807) is 13.0 Å². The number of hydrogen-bond acceptors (Lipinski definition) is 5. The summed E-state index contributed by atoms with van der Waals surface area (Å²) in [6, 6.07) is 0.793. The maximum absolute atomic E-state index is 11.7. The van der Waals surface area contributed by atoms with Gasteiger partial charge in [-0.3, -0.25) is 4.79 Å². The zero-order chi connectivity index (χ0) is 13.0. The van der Waals surface area contributed by atoms with Gasteiger partial charge < -0.3 is 15.5 Å². The molecule has 6 nitrogen and oxygen atoms in total. The van der Waals surface area contributed by atoms with Gasteiger partial charge in [-0.15, -0.1) is 0 Å². The molecular weight excluding hydrogens is 244 g/mol. The van der Waals surface area contributed by atoms with Crippen LogP contribution >= 0.6 is 11.5 Å². The topological polar surface area (TPSA) is 99.5 Å². The van der Waals surface area contributed by atoms with Gasteiger partial charge in [-0.05, 0) is 30.9 Å². The number of aryl methyl sites for hydroxylation is 1. The van der Waals surface area contributed by atoms with E-state index in [9.17, 15) is 14.7 Å². The quantitative estimate of drug-likeness (QED) is 0.710. The number of carbonyl (C=O) groups excluding carboxylic acids is 1. The summed E-state index contributed by atoms with van der Waals surface area (Å²) in [4.78, 5) is 23.2. The van der Waals surface area contributed by atoms with Crippen LogP contribution < -0.4 is 5.32 Å². The van der Waals surface area contributed by atoms with Crippen molar-refractivity contribution in [1.82, 2.24) is 9.69 Å². The SMILES string of the molecule is CCC(NC(=O)c1cc(C)sn1)C(O)C(=O)O. The third-order valence-corrected chi connectivity index (χ3v) is 2.94. The summed E-state index contributed by atoms with van der Waals surface area (Å²) in [6.45, 7) is 3.50. The lowest BCUT2D eigenvalue weighted by molar-refractivity contribution is -0.148. The summed E-state index contributed by atoms with van der Waals surface area (Å²) < 4.78 is 3.91. The molecular formula is C10H14N2O4S. The molecule has 0 radical (unpaired) electrons. The number of carbonyl (C=O) groups is 2. The van der Waals surface area contributed by atoms with Crippen molar-refractivity contribution in [3.63, 3.8) is 0 Å². The number of aliphatic carboxylic acids is 1. The lowest BCUT2D eigenvalue weighted by atomic mass is 10.1. The molecule has 1 amide bonds.